The molecule has 1 unspecified atom stereocenters. The van der Waals surface area contributed by atoms with Gasteiger partial charge in [0.15, 0.2) is 11.5 Å². The number of aliphatic carboxylic acids is 1. The zero-order valence-corrected chi connectivity index (χ0v) is 11.7. The van der Waals surface area contributed by atoms with Crippen LogP contribution in [0.2, 0.25) is 0 Å². The molecule has 0 fully saturated rings. The van der Waals surface area contributed by atoms with Crippen molar-refractivity contribution in [2.24, 2.45) is 11.7 Å². The maximum Gasteiger partial charge on any atom is 0.307 e. The Morgan fingerprint density at radius 2 is 2.10 bits per heavy atom. The number of amides is 1. The van der Waals surface area contributed by atoms with Crippen molar-refractivity contribution in [3.8, 4) is 11.5 Å². The van der Waals surface area contributed by atoms with Crippen LogP contribution >= 0.6 is 0 Å². The van der Waals surface area contributed by atoms with Crippen LogP contribution in [0.25, 0.3) is 0 Å². The summed E-state index contributed by atoms with van der Waals surface area (Å²) in [5.74, 6) is -0.654. The molecule has 0 radical (unpaired) electrons. The summed E-state index contributed by atoms with van der Waals surface area (Å²) in [7, 11) is 0. The second-order valence-corrected chi connectivity index (χ2v) is 5.06. The van der Waals surface area contributed by atoms with Crippen LogP contribution in [0.1, 0.15) is 12.5 Å². The van der Waals surface area contributed by atoms with E-state index in [9.17, 15) is 9.59 Å². The van der Waals surface area contributed by atoms with Gasteiger partial charge in [-0.1, -0.05) is 13.0 Å². The predicted octanol–water partition coefficient (Wildman–Crippen LogP) is 0.423. The van der Waals surface area contributed by atoms with E-state index >= 15 is 0 Å². The summed E-state index contributed by atoms with van der Waals surface area (Å²) >= 11 is 0. The van der Waals surface area contributed by atoms with Crippen molar-refractivity contribution in [2.75, 3.05) is 19.9 Å². The molecule has 1 aromatic rings. The van der Waals surface area contributed by atoms with E-state index in [4.69, 9.17) is 20.3 Å². The standard InChI is InChI=1S/C14H18N2O5/c1-9(14(18)19)5-16(7-13(15)17)6-10-2-3-11-12(4-10)21-8-20-11/h2-4,9H,5-8H2,1H3,(H2,15,17)(H,18,19). The molecule has 7 heteroatoms. The monoisotopic (exact) mass is 294 g/mol. The summed E-state index contributed by atoms with van der Waals surface area (Å²) in [5, 5.41) is 8.98. The molecule has 0 aliphatic carbocycles. The van der Waals surface area contributed by atoms with Gasteiger partial charge in [-0.05, 0) is 17.7 Å². The molecule has 1 amide bonds. The Balaban J connectivity index is 2.06. The molecule has 0 saturated carbocycles. The normalized spacial score (nSPS) is 14.2. The first kappa shape index (κ1) is 15.1. The lowest BCUT2D eigenvalue weighted by atomic mass is 10.1. The SMILES string of the molecule is CC(CN(CC(N)=O)Cc1ccc2c(c1)OCO2)C(=O)O. The zero-order chi connectivity index (χ0) is 15.4. The van der Waals surface area contributed by atoms with Crippen LogP contribution in [0.4, 0.5) is 0 Å². The topological polar surface area (TPSA) is 102 Å². The first-order valence-electron chi connectivity index (χ1n) is 6.57. The van der Waals surface area contributed by atoms with Crippen molar-refractivity contribution in [2.45, 2.75) is 13.5 Å². The van der Waals surface area contributed by atoms with Gasteiger partial charge >= 0.3 is 5.97 Å². The minimum atomic E-state index is -0.907. The van der Waals surface area contributed by atoms with Gasteiger partial charge in [0.25, 0.3) is 0 Å². The van der Waals surface area contributed by atoms with E-state index in [1.807, 2.05) is 12.1 Å². The van der Waals surface area contributed by atoms with Crippen molar-refractivity contribution < 1.29 is 24.2 Å². The maximum absolute atomic E-state index is 11.1. The fraction of sp³-hybridized carbons (Fsp3) is 0.429. The number of ether oxygens (including phenoxy) is 2. The summed E-state index contributed by atoms with van der Waals surface area (Å²) < 4.78 is 10.5. The highest BCUT2D eigenvalue weighted by molar-refractivity contribution is 5.76. The number of benzene rings is 1. The molecule has 1 heterocycles. The number of fused-ring (bicyclic) bond motifs is 1. The van der Waals surface area contributed by atoms with Crippen molar-refractivity contribution in [3.63, 3.8) is 0 Å². The Hall–Kier alpha value is -2.28. The molecule has 21 heavy (non-hydrogen) atoms. The third kappa shape index (κ3) is 4.09. The van der Waals surface area contributed by atoms with Gasteiger partial charge in [-0.2, -0.15) is 0 Å². The fourth-order valence-corrected chi connectivity index (χ4v) is 2.17. The number of carbonyl (C=O) groups excluding carboxylic acids is 1. The molecule has 1 aliphatic heterocycles. The van der Waals surface area contributed by atoms with Crippen LogP contribution < -0.4 is 15.2 Å². The predicted molar refractivity (Wildman–Crippen MR) is 73.8 cm³/mol. The summed E-state index contributed by atoms with van der Waals surface area (Å²) in [4.78, 5) is 23.8. The Morgan fingerprint density at radius 3 is 2.76 bits per heavy atom. The van der Waals surface area contributed by atoms with Gasteiger partial charge in [0.1, 0.15) is 0 Å². The van der Waals surface area contributed by atoms with Crippen molar-refractivity contribution in [1.82, 2.24) is 4.90 Å². The van der Waals surface area contributed by atoms with Gasteiger partial charge in [-0.25, -0.2) is 0 Å². The first-order chi connectivity index (χ1) is 9.95. The molecule has 2 rings (SSSR count). The average Bonchev–Trinajstić information content (AvgIpc) is 2.85. The van der Waals surface area contributed by atoms with Gasteiger partial charge in [-0.15, -0.1) is 0 Å². The summed E-state index contributed by atoms with van der Waals surface area (Å²) in [5.41, 5.74) is 6.12. The Labute approximate surface area is 122 Å². The average molecular weight is 294 g/mol. The van der Waals surface area contributed by atoms with E-state index in [1.54, 1.807) is 17.9 Å². The summed E-state index contributed by atoms with van der Waals surface area (Å²) in [6.07, 6.45) is 0. The van der Waals surface area contributed by atoms with Crippen molar-refractivity contribution >= 4 is 11.9 Å². The number of carboxylic acids is 1. The van der Waals surface area contributed by atoms with Gasteiger partial charge in [0.2, 0.25) is 12.7 Å². The van der Waals surface area contributed by atoms with Crippen LogP contribution in [0.5, 0.6) is 11.5 Å². The lowest BCUT2D eigenvalue weighted by molar-refractivity contribution is -0.142. The van der Waals surface area contributed by atoms with Gasteiger partial charge in [0, 0.05) is 13.1 Å². The second-order valence-electron chi connectivity index (χ2n) is 5.06. The molecule has 114 valence electrons. The Bertz CT molecular complexity index is 546. The quantitative estimate of drug-likeness (QED) is 0.755. The fourth-order valence-electron chi connectivity index (χ4n) is 2.17. The number of hydrogen-bond acceptors (Lipinski definition) is 5. The molecule has 1 atom stereocenters. The lowest BCUT2D eigenvalue weighted by Gasteiger charge is -2.22. The van der Waals surface area contributed by atoms with Crippen LogP contribution in [-0.4, -0.2) is 41.8 Å². The number of primary amides is 1. The Morgan fingerprint density at radius 1 is 1.38 bits per heavy atom. The molecule has 1 aromatic carbocycles. The van der Waals surface area contributed by atoms with Crippen LogP contribution in [-0.2, 0) is 16.1 Å². The van der Waals surface area contributed by atoms with E-state index in [-0.39, 0.29) is 19.9 Å². The molecule has 1 aliphatic rings. The van der Waals surface area contributed by atoms with E-state index in [0.29, 0.717) is 18.0 Å². The summed E-state index contributed by atoms with van der Waals surface area (Å²) in [6, 6.07) is 5.47. The first-order valence-corrected chi connectivity index (χ1v) is 6.57. The van der Waals surface area contributed by atoms with Gasteiger partial charge in [-0.3, -0.25) is 14.5 Å². The van der Waals surface area contributed by atoms with Crippen LogP contribution in [0.15, 0.2) is 18.2 Å². The van der Waals surface area contributed by atoms with Gasteiger partial charge < -0.3 is 20.3 Å². The number of rotatable bonds is 7. The molecule has 0 spiro atoms. The molecular weight excluding hydrogens is 276 g/mol. The van der Waals surface area contributed by atoms with E-state index in [0.717, 1.165) is 5.56 Å². The highest BCUT2D eigenvalue weighted by Crippen LogP contribution is 2.32. The molecule has 0 bridgehead atoms. The minimum Gasteiger partial charge on any atom is -0.481 e. The highest BCUT2D eigenvalue weighted by Gasteiger charge is 2.19. The number of nitrogens with two attached hydrogens (primary N) is 1. The summed E-state index contributed by atoms with van der Waals surface area (Å²) in [6.45, 7) is 2.45. The van der Waals surface area contributed by atoms with Crippen LogP contribution in [0.3, 0.4) is 0 Å². The minimum absolute atomic E-state index is 0.00601. The molecule has 0 saturated heterocycles. The van der Waals surface area contributed by atoms with E-state index in [1.165, 1.54) is 0 Å². The zero-order valence-electron chi connectivity index (χ0n) is 11.7. The van der Waals surface area contributed by atoms with Crippen molar-refractivity contribution in [1.29, 1.82) is 0 Å². The highest BCUT2D eigenvalue weighted by atomic mass is 16.7. The van der Waals surface area contributed by atoms with Crippen LogP contribution in [0, 0.1) is 5.92 Å². The Kier molecular flexibility index (Phi) is 4.64. The largest absolute Gasteiger partial charge is 0.481 e. The number of carboxylic acid groups (broad SMARTS) is 1. The molecule has 0 aromatic heterocycles. The number of carbonyl (C=O) groups is 2. The number of hydrogen-bond donors (Lipinski definition) is 2. The lowest BCUT2D eigenvalue weighted by Crippen LogP contribution is -2.37. The van der Waals surface area contributed by atoms with Gasteiger partial charge in [0.05, 0.1) is 12.5 Å². The molecule has 7 nitrogen and oxygen atoms in total. The second kappa shape index (κ2) is 6.45. The smallest absolute Gasteiger partial charge is 0.307 e. The van der Waals surface area contributed by atoms with Crippen molar-refractivity contribution in [3.05, 3.63) is 23.8 Å². The molecule has 3 N–H and O–H groups in total. The van der Waals surface area contributed by atoms with E-state index < -0.39 is 17.8 Å². The maximum atomic E-state index is 11.1. The molecular formula is C14H18N2O5. The van der Waals surface area contributed by atoms with E-state index in [2.05, 4.69) is 0 Å². The third-order valence-electron chi connectivity index (χ3n) is 3.18. The number of nitrogens with zero attached hydrogens (tertiary/aromatic N) is 1. The third-order valence-corrected chi connectivity index (χ3v) is 3.18.